The Morgan fingerprint density at radius 1 is 1.24 bits per heavy atom. The Hall–Kier alpha value is -2.63. The molecule has 3 aromatic rings. The molecular formula is C11H8N4O2. The summed E-state index contributed by atoms with van der Waals surface area (Å²) >= 11 is 0. The topological polar surface area (TPSA) is 94.7 Å². The molecule has 0 aliphatic rings. The maximum atomic E-state index is 11.1. The van der Waals surface area contributed by atoms with Gasteiger partial charge in [0.05, 0.1) is 6.20 Å². The van der Waals surface area contributed by atoms with E-state index < -0.39 is 0 Å². The number of fused-ring (bicyclic) bond motifs is 1. The quantitative estimate of drug-likeness (QED) is 0.579. The molecule has 0 saturated heterocycles. The van der Waals surface area contributed by atoms with Crippen molar-refractivity contribution in [2.24, 2.45) is 0 Å². The van der Waals surface area contributed by atoms with E-state index in [4.69, 9.17) is 0 Å². The number of phenolic OH excluding ortho intramolecular Hbond substituents is 1. The van der Waals surface area contributed by atoms with Crippen LogP contribution in [0.2, 0.25) is 0 Å². The molecule has 2 aromatic heterocycles. The minimum absolute atomic E-state index is 0.147. The molecule has 0 aliphatic carbocycles. The van der Waals surface area contributed by atoms with E-state index in [2.05, 4.69) is 19.9 Å². The predicted molar refractivity (Wildman–Crippen MR) is 61.6 cm³/mol. The van der Waals surface area contributed by atoms with E-state index in [1.165, 1.54) is 6.20 Å². The van der Waals surface area contributed by atoms with Gasteiger partial charge in [-0.3, -0.25) is 4.98 Å². The molecule has 0 spiro atoms. The molecule has 0 amide bonds. The summed E-state index contributed by atoms with van der Waals surface area (Å²) in [5.41, 5.74) is 1.37. The first-order valence-electron chi connectivity index (χ1n) is 4.97. The van der Waals surface area contributed by atoms with Crippen LogP contribution in [0.3, 0.4) is 0 Å². The molecular weight excluding hydrogens is 220 g/mol. The van der Waals surface area contributed by atoms with Crippen molar-refractivity contribution in [1.29, 1.82) is 0 Å². The summed E-state index contributed by atoms with van der Waals surface area (Å²) in [4.78, 5) is 24.5. The van der Waals surface area contributed by atoms with Crippen LogP contribution in [-0.2, 0) is 0 Å². The normalized spacial score (nSPS) is 10.8. The van der Waals surface area contributed by atoms with Crippen molar-refractivity contribution in [2.75, 3.05) is 0 Å². The highest BCUT2D eigenvalue weighted by Crippen LogP contribution is 2.20. The van der Waals surface area contributed by atoms with Gasteiger partial charge in [0.25, 0.3) is 0 Å². The van der Waals surface area contributed by atoms with Crippen molar-refractivity contribution in [3.05, 3.63) is 40.9 Å². The average molecular weight is 228 g/mol. The molecule has 0 saturated carbocycles. The van der Waals surface area contributed by atoms with Crippen molar-refractivity contribution in [1.82, 2.24) is 19.9 Å². The second-order valence-electron chi connectivity index (χ2n) is 3.59. The van der Waals surface area contributed by atoms with Crippen LogP contribution in [0.1, 0.15) is 0 Å². The standard InChI is InChI=1S/C11H8N4O2/c16-7-3-1-2-6(4-7)9-12-5-8-10(14-9)15-11(17)13-8/h1-5,16H,(H2,12,13,14,15,17). The smallest absolute Gasteiger partial charge is 0.325 e. The zero-order valence-corrected chi connectivity index (χ0v) is 8.64. The number of hydrogen-bond acceptors (Lipinski definition) is 4. The maximum Gasteiger partial charge on any atom is 0.325 e. The average Bonchev–Trinajstić information content (AvgIpc) is 2.68. The second-order valence-corrected chi connectivity index (χ2v) is 3.59. The number of nitrogens with zero attached hydrogens (tertiary/aromatic N) is 2. The van der Waals surface area contributed by atoms with Crippen LogP contribution in [0, 0.1) is 0 Å². The summed E-state index contributed by atoms with van der Waals surface area (Å²) in [6.45, 7) is 0. The molecule has 3 rings (SSSR count). The number of nitrogens with one attached hydrogen (secondary N) is 2. The number of rotatable bonds is 1. The van der Waals surface area contributed by atoms with Crippen LogP contribution in [0.5, 0.6) is 5.75 Å². The molecule has 6 heteroatoms. The number of benzene rings is 1. The lowest BCUT2D eigenvalue weighted by molar-refractivity contribution is 0.475. The number of imidazole rings is 1. The van der Waals surface area contributed by atoms with Crippen LogP contribution in [-0.4, -0.2) is 25.0 Å². The fraction of sp³-hybridized carbons (Fsp3) is 0. The van der Waals surface area contributed by atoms with Gasteiger partial charge < -0.3 is 10.1 Å². The molecule has 0 unspecified atom stereocenters. The van der Waals surface area contributed by atoms with Crippen LogP contribution >= 0.6 is 0 Å². The van der Waals surface area contributed by atoms with Crippen molar-refractivity contribution in [3.8, 4) is 17.1 Å². The van der Waals surface area contributed by atoms with Gasteiger partial charge in [-0.15, -0.1) is 0 Å². The Morgan fingerprint density at radius 3 is 2.94 bits per heavy atom. The van der Waals surface area contributed by atoms with Gasteiger partial charge in [-0.2, -0.15) is 0 Å². The molecule has 0 fully saturated rings. The van der Waals surface area contributed by atoms with E-state index in [9.17, 15) is 9.90 Å². The number of aromatic amines is 2. The fourth-order valence-electron chi connectivity index (χ4n) is 1.61. The second kappa shape index (κ2) is 3.44. The Balaban J connectivity index is 2.20. The van der Waals surface area contributed by atoms with E-state index in [1.807, 2.05) is 0 Å². The summed E-state index contributed by atoms with van der Waals surface area (Å²) < 4.78 is 0. The SMILES string of the molecule is O=c1[nH]c2cnc(-c3cccc(O)c3)nc2[nH]1. The molecule has 0 aliphatic heterocycles. The first-order chi connectivity index (χ1) is 8.22. The fourth-order valence-corrected chi connectivity index (χ4v) is 1.61. The van der Waals surface area contributed by atoms with Gasteiger partial charge in [0, 0.05) is 5.56 Å². The van der Waals surface area contributed by atoms with E-state index in [1.54, 1.807) is 24.3 Å². The van der Waals surface area contributed by atoms with Crippen molar-refractivity contribution in [3.63, 3.8) is 0 Å². The molecule has 3 N–H and O–H groups in total. The predicted octanol–water partition coefficient (Wildman–Crippen LogP) is 1.02. The molecule has 2 heterocycles. The van der Waals surface area contributed by atoms with Gasteiger partial charge in [-0.05, 0) is 12.1 Å². The number of aromatic hydroxyl groups is 1. The lowest BCUT2D eigenvalue weighted by Crippen LogP contribution is -1.99. The highest BCUT2D eigenvalue weighted by Gasteiger charge is 2.05. The zero-order chi connectivity index (χ0) is 11.8. The Bertz CT molecular complexity index is 744. The maximum absolute atomic E-state index is 11.1. The largest absolute Gasteiger partial charge is 0.508 e. The number of hydrogen-bond donors (Lipinski definition) is 3. The van der Waals surface area contributed by atoms with Crippen LogP contribution in [0.4, 0.5) is 0 Å². The third-order valence-electron chi connectivity index (χ3n) is 2.37. The Morgan fingerprint density at radius 2 is 2.12 bits per heavy atom. The highest BCUT2D eigenvalue weighted by atomic mass is 16.3. The first-order valence-corrected chi connectivity index (χ1v) is 4.97. The minimum atomic E-state index is -0.317. The third-order valence-corrected chi connectivity index (χ3v) is 2.37. The van der Waals surface area contributed by atoms with Crippen molar-refractivity contribution >= 4 is 11.2 Å². The number of aromatic nitrogens is 4. The summed E-state index contributed by atoms with van der Waals surface area (Å²) in [5, 5.41) is 9.37. The molecule has 0 bridgehead atoms. The van der Waals surface area contributed by atoms with Crippen LogP contribution in [0.25, 0.3) is 22.6 Å². The molecule has 84 valence electrons. The number of phenols is 1. The zero-order valence-electron chi connectivity index (χ0n) is 8.64. The summed E-state index contributed by atoms with van der Waals surface area (Å²) in [6.07, 6.45) is 1.53. The monoisotopic (exact) mass is 228 g/mol. The molecule has 0 atom stereocenters. The van der Waals surface area contributed by atoms with Gasteiger partial charge in [0.2, 0.25) is 0 Å². The summed E-state index contributed by atoms with van der Waals surface area (Å²) in [5.74, 6) is 0.595. The van der Waals surface area contributed by atoms with Gasteiger partial charge in [-0.25, -0.2) is 14.8 Å². The molecule has 0 radical (unpaired) electrons. The Labute approximate surface area is 95.0 Å². The molecule has 1 aromatic carbocycles. The minimum Gasteiger partial charge on any atom is -0.508 e. The van der Waals surface area contributed by atoms with Gasteiger partial charge in [0.1, 0.15) is 11.3 Å². The summed E-state index contributed by atoms with van der Waals surface area (Å²) in [6, 6.07) is 6.62. The van der Waals surface area contributed by atoms with Gasteiger partial charge >= 0.3 is 5.69 Å². The number of H-pyrrole nitrogens is 2. The molecule has 6 nitrogen and oxygen atoms in total. The highest BCUT2D eigenvalue weighted by molar-refractivity contribution is 5.71. The van der Waals surface area contributed by atoms with E-state index >= 15 is 0 Å². The van der Waals surface area contributed by atoms with E-state index in [-0.39, 0.29) is 11.4 Å². The summed E-state index contributed by atoms with van der Waals surface area (Å²) in [7, 11) is 0. The van der Waals surface area contributed by atoms with E-state index in [0.29, 0.717) is 22.6 Å². The van der Waals surface area contributed by atoms with Gasteiger partial charge in [0.15, 0.2) is 11.5 Å². The lowest BCUT2D eigenvalue weighted by atomic mass is 10.2. The van der Waals surface area contributed by atoms with Gasteiger partial charge in [-0.1, -0.05) is 12.1 Å². The van der Waals surface area contributed by atoms with E-state index in [0.717, 1.165) is 0 Å². The Kier molecular flexibility index (Phi) is 1.94. The van der Waals surface area contributed by atoms with Crippen molar-refractivity contribution in [2.45, 2.75) is 0 Å². The third kappa shape index (κ3) is 1.65. The first kappa shape index (κ1) is 9.59. The molecule has 17 heavy (non-hydrogen) atoms. The van der Waals surface area contributed by atoms with Crippen LogP contribution < -0.4 is 5.69 Å². The lowest BCUT2D eigenvalue weighted by Gasteiger charge is -1.99. The van der Waals surface area contributed by atoms with Crippen LogP contribution in [0.15, 0.2) is 35.3 Å². The van der Waals surface area contributed by atoms with Crippen molar-refractivity contribution < 1.29 is 5.11 Å².